The number of hydrogen-bond donors (Lipinski definition) is 1. The van der Waals surface area contributed by atoms with Gasteiger partial charge in [0.1, 0.15) is 0 Å². The molecule has 5 heteroatoms. The molecule has 0 spiro atoms. The Hall–Kier alpha value is -0.520. The molecule has 2 atom stereocenters. The molecule has 2 saturated heterocycles. The number of hydrogen-bond acceptors (Lipinski definition) is 3. The molecule has 3 nitrogen and oxygen atoms in total. The summed E-state index contributed by atoms with van der Waals surface area (Å²) in [7, 11) is 0. The maximum absolute atomic E-state index is 12.0. The van der Waals surface area contributed by atoms with Crippen molar-refractivity contribution in [3.05, 3.63) is 12.2 Å². The van der Waals surface area contributed by atoms with Crippen molar-refractivity contribution in [3.8, 4) is 0 Å². The molecular weight excluding hydrogens is 216 g/mol. The van der Waals surface area contributed by atoms with Crippen LogP contribution in [0.4, 0.5) is 8.78 Å². The van der Waals surface area contributed by atoms with Crippen molar-refractivity contribution in [2.75, 3.05) is 19.8 Å². The lowest BCUT2D eigenvalue weighted by Crippen LogP contribution is -2.46. The second kappa shape index (κ2) is 4.39. The van der Waals surface area contributed by atoms with Crippen molar-refractivity contribution in [1.82, 2.24) is 4.90 Å². The Morgan fingerprint density at radius 1 is 1.62 bits per heavy atom. The molecule has 0 saturated carbocycles. The zero-order valence-corrected chi connectivity index (χ0v) is 9.16. The van der Waals surface area contributed by atoms with E-state index in [0.29, 0.717) is 6.54 Å². The molecule has 0 aromatic rings. The molecule has 0 aromatic carbocycles. The van der Waals surface area contributed by atoms with E-state index in [2.05, 4.69) is 16.2 Å². The normalized spacial score (nSPS) is 35.0. The first kappa shape index (κ1) is 12.0. The lowest BCUT2D eigenvalue weighted by molar-refractivity contribution is -0.141. The highest BCUT2D eigenvalue weighted by Crippen LogP contribution is 2.43. The van der Waals surface area contributed by atoms with Crippen LogP contribution in [0.15, 0.2) is 12.2 Å². The zero-order chi connectivity index (χ0) is 11.8. The molecule has 0 amide bonds. The van der Waals surface area contributed by atoms with Crippen molar-refractivity contribution in [2.24, 2.45) is 0 Å². The molecular formula is C11H17F2NO2. The molecule has 2 fully saturated rings. The maximum Gasteiger partial charge on any atom is 0.345 e. The van der Waals surface area contributed by atoms with E-state index in [0.717, 1.165) is 24.8 Å². The number of fused-ring (bicyclic) bond motifs is 1. The second-order valence-electron chi connectivity index (χ2n) is 4.72. The van der Waals surface area contributed by atoms with Crippen LogP contribution in [0.2, 0.25) is 0 Å². The monoisotopic (exact) mass is 233 g/mol. The highest BCUT2D eigenvalue weighted by atomic mass is 19.3. The minimum absolute atomic E-state index is 0.0135. The van der Waals surface area contributed by atoms with Gasteiger partial charge < -0.3 is 9.84 Å². The maximum atomic E-state index is 12.0. The third-order valence-electron chi connectivity index (χ3n) is 3.67. The average Bonchev–Trinajstić information content (AvgIpc) is 2.70. The van der Waals surface area contributed by atoms with Crippen molar-refractivity contribution in [1.29, 1.82) is 0 Å². The standard InChI is InChI=1S/C11H17F2NO2/c1-8-4-11(7-15)3-2-9(14(11)5-8)6-16-10(12)13/h9-10,15H,1-7H2. The Balaban J connectivity index is 2.01. The molecule has 16 heavy (non-hydrogen) atoms. The largest absolute Gasteiger partial charge is 0.394 e. The van der Waals surface area contributed by atoms with Gasteiger partial charge in [-0.3, -0.25) is 4.90 Å². The fraction of sp³-hybridized carbons (Fsp3) is 0.818. The molecule has 92 valence electrons. The molecule has 0 radical (unpaired) electrons. The van der Waals surface area contributed by atoms with Crippen molar-refractivity contribution < 1.29 is 18.6 Å². The van der Waals surface area contributed by atoms with E-state index in [1.807, 2.05) is 0 Å². The van der Waals surface area contributed by atoms with Gasteiger partial charge in [0.15, 0.2) is 0 Å². The molecule has 2 aliphatic rings. The molecule has 2 heterocycles. The van der Waals surface area contributed by atoms with Crippen LogP contribution in [-0.2, 0) is 4.74 Å². The van der Waals surface area contributed by atoms with Gasteiger partial charge in [0, 0.05) is 18.1 Å². The fourth-order valence-corrected chi connectivity index (χ4v) is 2.95. The van der Waals surface area contributed by atoms with Gasteiger partial charge in [-0.05, 0) is 19.3 Å². The first-order chi connectivity index (χ1) is 7.57. The third-order valence-corrected chi connectivity index (χ3v) is 3.67. The van der Waals surface area contributed by atoms with Crippen LogP contribution < -0.4 is 0 Å². The van der Waals surface area contributed by atoms with Crippen LogP contribution in [0.1, 0.15) is 19.3 Å². The van der Waals surface area contributed by atoms with Gasteiger partial charge in [-0.15, -0.1) is 0 Å². The number of aliphatic hydroxyl groups excluding tert-OH is 1. The van der Waals surface area contributed by atoms with Crippen LogP contribution in [0, 0.1) is 0 Å². The van der Waals surface area contributed by atoms with Crippen molar-refractivity contribution in [2.45, 2.75) is 37.5 Å². The van der Waals surface area contributed by atoms with Crippen LogP contribution in [0.3, 0.4) is 0 Å². The first-order valence-electron chi connectivity index (χ1n) is 5.51. The number of nitrogens with zero attached hydrogens (tertiary/aromatic N) is 1. The number of aliphatic hydroxyl groups is 1. The summed E-state index contributed by atoms with van der Waals surface area (Å²) in [6.07, 6.45) is 2.41. The summed E-state index contributed by atoms with van der Waals surface area (Å²) in [6.45, 7) is 2.00. The number of alkyl halides is 2. The van der Waals surface area contributed by atoms with Crippen molar-refractivity contribution >= 4 is 0 Å². The Morgan fingerprint density at radius 3 is 3.00 bits per heavy atom. The van der Waals surface area contributed by atoms with Gasteiger partial charge in [-0.2, -0.15) is 8.78 Å². The van der Waals surface area contributed by atoms with Crippen LogP contribution in [0.5, 0.6) is 0 Å². The summed E-state index contributed by atoms with van der Waals surface area (Å²) in [6, 6.07) is -0.0135. The van der Waals surface area contributed by atoms with Crippen LogP contribution in [0.25, 0.3) is 0 Å². The highest BCUT2D eigenvalue weighted by molar-refractivity contribution is 5.19. The summed E-state index contributed by atoms with van der Waals surface area (Å²) in [4.78, 5) is 2.08. The van der Waals surface area contributed by atoms with Gasteiger partial charge in [-0.25, -0.2) is 0 Å². The SMILES string of the molecule is C=C1CN2C(COC(F)F)CCC2(CO)C1. The quantitative estimate of drug-likeness (QED) is 0.745. The Morgan fingerprint density at radius 2 is 2.38 bits per heavy atom. The van der Waals surface area contributed by atoms with Gasteiger partial charge in [0.2, 0.25) is 0 Å². The predicted molar refractivity (Wildman–Crippen MR) is 55.3 cm³/mol. The molecule has 2 unspecified atom stereocenters. The zero-order valence-electron chi connectivity index (χ0n) is 9.16. The fourth-order valence-electron chi connectivity index (χ4n) is 2.95. The number of halogens is 2. The van der Waals surface area contributed by atoms with E-state index in [4.69, 9.17) is 0 Å². The smallest absolute Gasteiger partial charge is 0.345 e. The van der Waals surface area contributed by atoms with E-state index in [1.165, 1.54) is 0 Å². The lowest BCUT2D eigenvalue weighted by atomic mass is 9.94. The van der Waals surface area contributed by atoms with E-state index in [1.54, 1.807) is 0 Å². The van der Waals surface area contributed by atoms with Gasteiger partial charge >= 0.3 is 6.61 Å². The third kappa shape index (κ3) is 1.99. The predicted octanol–water partition coefficient (Wildman–Crippen LogP) is 1.38. The van der Waals surface area contributed by atoms with E-state index < -0.39 is 6.61 Å². The van der Waals surface area contributed by atoms with E-state index >= 15 is 0 Å². The second-order valence-corrected chi connectivity index (χ2v) is 4.72. The summed E-state index contributed by atoms with van der Waals surface area (Å²) in [5, 5.41) is 9.47. The summed E-state index contributed by atoms with van der Waals surface area (Å²) in [5.41, 5.74) is 0.809. The van der Waals surface area contributed by atoms with E-state index in [9.17, 15) is 13.9 Å². The molecule has 0 aliphatic carbocycles. The summed E-state index contributed by atoms with van der Waals surface area (Å²) < 4.78 is 28.3. The molecule has 2 aliphatic heterocycles. The Kier molecular flexibility index (Phi) is 3.28. The number of ether oxygens (including phenoxy) is 1. The minimum Gasteiger partial charge on any atom is -0.394 e. The Bertz CT molecular complexity index is 285. The topological polar surface area (TPSA) is 32.7 Å². The minimum atomic E-state index is -2.71. The Labute approximate surface area is 93.7 Å². The molecule has 0 bridgehead atoms. The van der Waals surface area contributed by atoms with Crippen LogP contribution >= 0.6 is 0 Å². The first-order valence-corrected chi connectivity index (χ1v) is 5.51. The van der Waals surface area contributed by atoms with Crippen molar-refractivity contribution in [3.63, 3.8) is 0 Å². The number of rotatable bonds is 4. The summed E-state index contributed by atoms with van der Waals surface area (Å²) >= 11 is 0. The molecule has 1 N–H and O–H groups in total. The molecule has 0 aromatic heterocycles. The van der Waals surface area contributed by atoms with Crippen LogP contribution in [-0.4, -0.2) is 48.0 Å². The van der Waals surface area contributed by atoms with E-state index in [-0.39, 0.29) is 24.8 Å². The van der Waals surface area contributed by atoms with Gasteiger partial charge in [-0.1, -0.05) is 12.2 Å². The van der Waals surface area contributed by atoms with Gasteiger partial charge in [0.25, 0.3) is 0 Å². The average molecular weight is 233 g/mol. The molecule has 2 rings (SSSR count). The summed E-state index contributed by atoms with van der Waals surface area (Å²) in [5.74, 6) is 0. The highest BCUT2D eigenvalue weighted by Gasteiger charge is 2.50. The lowest BCUT2D eigenvalue weighted by Gasteiger charge is -2.32. The van der Waals surface area contributed by atoms with Gasteiger partial charge in [0.05, 0.1) is 13.2 Å².